The number of carbonyl (C=O) groups is 2. The Hall–Kier alpha value is -4.02. The number of nitrogens with zero attached hydrogens (tertiary/aromatic N) is 3. The van der Waals surface area contributed by atoms with E-state index < -0.39 is 23.7 Å². The molecule has 3 aromatic rings. The third-order valence-electron chi connectivity index (χ3n) is 5.10. The Morgan fingerprint density at radius 1 is 1.15 bits per heavy atom. The number of alkyl halides is 3. The molecule has 2 amide bonds. The summed E-state index contributed by atoms with van der Waals surface area (Å²) >= 11 is 0. The van der Waals surface area contributed by atoms with Crippen LogP contribution in [0.3, 0.4) is 0 Å². The lowest BCUT2D eigenvalue weighted by Crippen LogP contribution is -2.30. The van der Waals surface area contributed by atoms with E-state index in [9.17, 15) is 22.8 Å². The first-order valence-corrected chi connectivity index (χ1v) is 10.0. The third kappa shape index (κ3) is 5.25. The van der Waals surface area contributed by atoms with E-state index in [1.165, 1.54) is 12.1 Å². The smallest absolute Gasteiger partial charge is 0.364 e. The van der Waals surface area contributed by atoms with Gasteiger partial charge in [-0.2, -0.15) is 13.2 Å². The van der Waals surface area contributed by atoms with Crippen molar-refractivity contribution in [3.8, 4) is 11.4 Å². The SMILES string of the molecule is NC(=O)c1cc(NC2CCNC2=O)nc(-c2ccc(Cc3ccc(C(F)(F)F)cn3)cc2)n1. The molecule has 11 heteroatoms. The molecule has 1 aliphatic rings. The van der Waals surface area contributed by atoms with Crippen molar-refractivity contribution in [3.05, 3.63) is 71.2 Å². The van der Waals surface area contributed by atoms with E-state index >= 15 is 0 Å². The lowest BCUT2D eigenvalue weighted by atomic mass is 10.1. The average Bonchev–Trinajstić information content (AvgIpc) is 3.18. The molecule has 1 aromatic carbocycles. The van der Waals surface area contributed by atoms with Gasteiger partial charge in [0.05, 0.1) is 5.56 Å². The molecule has 8 nitrogen and oxygen atoms in total. The van der Waals surface area contributed by atoms with Gasteiger partial charge in [-0.3, -0.25) is 14.6 Å². The van der Waals surface area contributed by atoms with Gasteiger partial charge in [0.2, 0.25) is 5.91 Å². The average molecular weight is 456 g/mol. The Morgan fingerprint density at radius 3 is 2.48 bits per heavy atom. The fraction of sp³-hybridized carbons (Fsp3) is 0.227. The Labute approximate surface area is 186 Å². The Kier molecular flexibility index (Phi) is 5.95. The molecule has 1 atom stereocenters. The number of rotatable bonds is 6. The number of halogens is 3. The largest absolute Gasteiger partial charge is 0.417 e. The first-order valence-electron chi connectivity index (χ1n) is 10.0. The van der Waals surface area contributed by atoms with Crippen LogP contribution in [0.2, 0.25) is 0 Å². The van der Waals surface area contributed by atoms with Gasteiger partial charge in [-0.05, 0) is 24.1 Å². The summed E-state index contributed by atoms with van der Waals surface area (Å²) in [5.41, 5.74) is 6.51. The molecule has 0 spiro atoms. The van der Waals surface area contributed by atoms with E-state index in [-0.39, 0.29) is 17.4 Å². The highest BCUT2D eigenvalue weighted by molar-refractivity contribution is 5.92. The number of hydrogen-bond donors (Lipinski definition) is 3. The van der Waals surface area contributed by atoms with Gasteiger partial charge >= 0.3 is 6.18 Å². The second kappa shape index (κ2) is 8.85. The van der Waals surface area contributed by atoms with Crippen molar-refractivity contribution >= 4 is 17.6 Å². The second-order valence-corrected chi connectivity index (χ2v) is 7.51. The number of pyridine rings is 1. The van der Waals surface area contributed by atoms with Gasteiger partial charge < -0.3 is 16.4 Å². The number of anilines is 1. The van der Waals surface area contributed by atoms with E-state index in [0.29, 0.717) is 36.5 Å². The number of benzene rings is 1. The van der Waals surface area contributed by atoms with E-state index in [0.717, 1.165) is 17.8 Å². The number of hydrogen-bond acceptors (Lipinski definition) is 6. The van der Waals surface area contributed by atoms with Gasteiger partial charge in [0.15, 0.2) is 5.82 Å². The van der Waals surface area contributed by atoms with Gasteiger partial charge in [-0.25, -0.2) is 9.97 Å². The highest BCUT2D eigenvalue weighted by Crippen LogP contribution is 2.28. The van der Waals surface area contributed by atoms with Crippen LogP contribution in [-0.2, 0) is 17.4 Å². The molecule has 3 heterocycles. The summed E-state index contributed by atoms with van der Waals surface area (Å²) in [4.78, 5) is 36.0. The number of nitrogens with one attached hydrogen (secondary N) is 2. The molecule has 170 valence electrons. The maximum absolute atomic E-state index is 12.7. The maximum Gasteiger partial charge on any atom is 0.417 e. The monoisotopic (exact) mass is 456 g/mol. The molecule has 4 rings (SSSR count). The van der Waals surface area contributed by atoms with Crippen LogP contribution in [0.15, 0.2) is 48.7 Å². The van der Waals surface area contributed by atoms with Crippen LogP contribution in [0.5, 0.6) is 0 Å². The zero-order valence-electron chi connectivity index (χ0n) is 17.2. The Bertz CT molecular complexity index is 1180. The van der Waals surface area contributed by atoms with Crippen molar-refractivity contribution < 1.29 is 22.8 Å². The number of carbonyl (C=O) groups excluding carboxylic acids is 2. The standard InChI is InChI=1S/C22H19F3N6O2/c23-22(24,25)14-5-6-15(28-11-14)9-12-1-3-13(4-2-12)20-30-17(19(26)32)10-18(31-20)29-16-7-8-27-21(16)33/h1-6,10-11,16H,7-9H2,(H2,26,32)(H,27,33)(H,29,30,31). The third-order valence-corrected chi connectivity index (χ3v) is 5.10. The summed E-state index contributed by atoms with van der Waals surface area (Å²) in [6, 6.07) is 10.3. The maximum atomic E-state index is 12.7. The molecule has 33 heavy (non-hydrogen) atoms. The van der Waals surface area contributed by atoms with Crippen molar-refractivity contribution in [1.82, 2.24) is 20.3 Å². The topological polar surface area (TPSA) is 123 Å². The minimum Gasteiger partial charge on any atom is -0.364 e. The Morgan fingerprint density at radius 2 is 1.91 bits per heavy atom. The summed E-state index contributed by atoms with van der Waals surface area (Å²) < 4.78 is 38.1. The molecule has 1 unspecified atom stereocenters. The van der Waals surface area contributed by atoms with Crippen molar-refractivity contribution in [2.75, 3.05) is 11.9 Å². The fourth-order valence-corrected chi connectivity index (χ4v) is 3.36. The van der Waals surface area contributed by atoms with Crippen LogP contribution in [0.25, 0.3) is 11.4 Å². The zero-order valence-corrected chi connectivity index (χ0v) is 17.2. The first kappa shape index (κ1) is 22.2. The minimum absolute atomic E-state index is 0.000985. The molecule has 0 saturated carbocycles. The first-order chi connectivity index (χ1) is 15.7. The van der Waals surface area contributed by atoms with E-state index in [1.807, 2.05) is 0 Å². The van der Waals surface area contributed by atoms with Crippen LogP contribution in [0, 0.1) is 0 Å². The van der Waals surface area contributed by atoms with Crippen LogP contribution in [-0.4, -0.2) is 39.4 Å². The molecule has 0 radical (unpaired) electrons. The lowest BCUT2D eigenvalue weighted by molar-refractivity contribution is -0.137. The van der Waals surface area contributed by atoms with Crippen LogP contribution >= 0.6 is 0 Å². The molecule has 1 fully saturated rings. The molecule has 1 saturated heterocycles. The van der Waals surface area contributed by atoms with E-state index in [2.05, 4.69) is 25.6 Å². The quantitative estimate of drug-likeness (QED) is 0.524. The Balaban J connectivity index is 1.54. The number of nitrogens with two attached hydrogens (primary N) is 1. The molecule has 4 N–H and O–H groups in total. The number of amides is 2. The van der Waals surface area contributed by atoms with E-state index in [1.54, 1.807) is 24.3 Å². The van der Waals surface area contributed by atoms with Gasteiger partial charge in [-0.15, -0.1) is 0 Å². The summed E-state index contributed by atoms with van der Waals surface area (Å²) in [6.07, 6.45) is -2.70. The molecule has 0 aliphatic carbocycles. The van der Waals surface area contributed by atoms with Gasteiger partial charge in [0, 0.05) is 36.5 Å². The van der Waals surface area contributed by atoms with Crippen LogP contribution in [0.1, 0.15) is 33.7 Å². The highest BCUT2D eigenvalue weighted by Gasteiger charge is 2.30. The zero-order chi connectivity index (χ0) is 23.6. The summed E-state index contributed by atoms with van der Waals surface area (Å²) in [7, 11) is 0. The molecular formula is C22H19F3N6O2. The van der Waals surface area contributed by atoms with Crippen LogP contribution in [0.4, 0.5) is 19.0 Å². The molecule has 2 aromatic heterocycles. The van der Waals surface area contributed by atoms with Gasteiger partial charge in [0.1, 0.15) is 17.6 Å². The summed E-state index contributed by atoms with van der Waals surface area (Å²) in [6.45, 7) is 0.548. The lowest BCUT2D eigenvalue weighted by Gasteiger charge is -2.13. The summed E-state index contributed by atoms with van der Waals surface area (Å²) in [5, 5.41) is 5.71. The van der Waals surface area contributed by atoms with Gasteiger partial charge in [0.25, 0.3) is 5.91 Å². The van der Waals surface area contributed by atoms with Gasteiger partial charge in [-0.1, -0.05) is 24.3 Å². The fourth-order valence-electron chi connectivity index (χ4n) is 3.36. The number of primary amides is 1. The minimum atomic E-state index is -4.43. The predicted octanol–water partition coefficient (Wildman–Crippen LogP) is 2.55. The predicted molar refractivity (Wildman–Crippen MR) is 113 cm³/mol. The molecular weight excluding hydrogens is 437 g/mol. The number of aromatic nitrogens is 3. The van der Waals surface area contributed by atoms with Crippen molar-refractivity contribution in [2.45, 2.75) is 25.1 Å². The van der Waals surface area contributed by atoms with Crippen molar-refractivity contribution in [3.63, 3.8) is 0 Å². The summed E-state index contributed by atoms with van der Waals surface area (Å²) in [5.74, 6) is -0.347. The van der Waals surface area contributed by atoms with Crippen molar-refractivity contribution in [1.29, 1.82) is 0 Å². The molecule has 1 aliphatic heterocycles. The van der Waals surface area contributed by atoms with Crippen LogP contribution < -0.4 is 16.4 Å². The van der Waals surface area contributed by atoms with E-state index in [4.69, 9.17) is 5.73 Å². The molecule has 0 bridgehead atoms. The normalized spacial score (nSPS) is 15.8. The van der Waals surface area contributed by atoms with Crippen molar-refractivity contribution in [2.24, 2.45) is 5.73 Å². The second-order valence-electron chi connectivity index (χ2n) is 7.51. The highest BCUT2D eigenvalue weighted by atomic mass is 19.4.